The van der Waals surface area contributed by atoms with Crippen LogP contribution in [-0.4, -0.2) is 34.3 Å². The molecule has 2 heterocycles. The second-order valence-electron chi connectivity index (χ2n) is 5.66. The Morgan fingerprint density at radius 2 is 2.00 bits per heavy atom. The monoisotopic (exact) mass is 329 g/mol. The minimum atomic E-state index is -0.412. The van der Waals surface area contributed by atoms with E-state index in [4.69, 9.17) is 0 Å². The first-order valence-electron chi connectivity index (χ1n) is 7.67. The van der Waals surface area contributed by atoms with E-state index in [-0.39, 0.29) is 11.8 Å². The summed E-state index contributed by atoms with van der Waals surface area (Å²) in [4.78, 5) is 31.9. The van der Waals surface area contributed by atoms with E-state index < -0.39 is 6.04 Å². The Morgan fingerprint density at radius 3 is 2.65 bits per heavy atom. The molecule has 1 N–H and O–H groups in total. The third kappa shape index (κ3) is 3.27. The van der Waals surface area contributed by atoms with Crippen molar-refractivity contribution in [2.24, 2.45) is 0 Å². The highest BCUT2D eigenvalue weighted by molar-refractivity contribution is 7.13. The van der Waals surface area contributed by atoms with Crippen LogP contribution >= 0.6 is 11.3 Å². The van der Waals surface area contributed by atoms with Gasteiger partial charge in [0.25, 0.3) is 5.91 Å². The smallest absolute Gasteiger partial charge is 0.266 e. The number of nitrogens with zero attached hydrogens (tertiary/aromatic N) is 2. The molecule has 0 unspecified atom stereocenters. The Balaban J connectivity index is 1.76. The number of anilines is 1. The number of amides is 2. The minimum absolute atomic E-state index is 0.0844. The van der Waals surface area contributed by atoms with E-state index in [1.807, 2.05) is 44.2 Å². The standard InChI is InChI=1S/C17H19N3O2S/c1-11-15(23-12(2)18-11)17(22)20-10-6-9-14(20)16(21)19-13-7-4-3-5-8-13/h3-5,7-8,14H,6,9-10H2,1-2H3,(H,19,21)/t14-/m1/s1. The normalized spacial score (nSPS) is 17.3. The molecule has 0 radical (unpaired) electrons. The molecule has 1 atom stereocenters. The van der Waals surface area contributed by atoms with Crippen LogP contribution in [0.3, 0.4) is 0 Å². The Morgan fingerprint density at radius 1 is 1.26 bits per heavy atom. The molecule has 23 heavy (non-hydrogen) atoms. The van der Waals surface area contributed by atoms with Crippen molar-refractivity contribution in [3.05, 3.63) is 45.9 Å². The van der Waals surface area contributed by atoms with Gasteiger partial charge in [0.05, 0.1) is 10.7 Å². The molecular weight excluding hydrogens is 310 g/mol. The Kier molecular flexibility index (Phi) is 4.43. The van der Waals surface area contributed by atoms with Gasteiger partial charge in [-0.15, -0.1) is 11.3 Å². The molecular formula is C17H19N3O2S. The molecule has 0 saturated carbocycles. The Hall–Kier alpha value is -2.21. The van der Waals surface area contributed by atoms with Crippen molar-refractivity contribution in [1.82, 2.24) is 9.88 Å². The van der Waals surface area contributed by atoms with Gasteiger partial charge in [0.2, 0.25) is 5.91 Å². The van der Waals surface area contributed by atoms with Crippen LogP contribution in [0.15, 0.2) is 30.3 Å². The summed E-state index contributed by atoms with van der Waals surface area (Å²) < 4.78 is 0. The molecule has 1 fully saturated rings. The molecule has 2 aromatic rings. The number of aromatic nitrogens is 1. The Labute approximate surface area is 139 Å². The van der Waals surface area contributed by atoms with E-state index in [1.54, 1.807) is 4.90 Å². The lowest BCUT2D eigenvalue weighted by molar-refractivity contribution is -0.119. The van der Waals surface area contributed by atoms with Gasteiger partial charge in [-0.2, -0.15) is 0 Å². The molecule has 120 valence electrons. The van der Waals surface area contributed by atoms with Crippen LogP contribution in [0.4, 0.5) is 5.69 Å². The van der Waals surface area contributed by atoms with E-state index in [0.29, 0.717) is 17.8 Å². The van der Waals surface area contributed by atoms with Crippen LogP contribution in [0.5, 0.6) is 0 Å². The molecule has 1 saturated heterocycles. The number of nitrogens with one attached hydrogen (secondary N) is 1. The lowest BCUT2D eigenvalue weighted by Gasteiger charge is -2.23. The molecule has 0 bridgehead atoms. The molecule has 5 nitrogen and oxygen atoms in total. The second kappa shape index (κ2) is 6.50. The quantitative estimate of drug-likeness (QED) is 0.941. The predicted molar refractivity (Wildman–Crippen MR) is 90.7 cm³/mol. The third-order valence-electron chi connectivity index (χ3n) is 3.96. The van der Waals surface area contributed by atoms with Crippen molar-refractivity contribution in [2.45, 2.75) is 32.7 Å². The summed E-state index contributed by atoms with van der Waals surface area (Å²) in [5.74, 6) is -0.209. The van der Waals surface area contributed by atoms with E-state index in [0.717, 1.165) is 22.8 Å². The van der Waals surface area contributed by atoms with Gasteiger partial charge in [-0.05, 0) is 38.8 Å². The number of hydrogen-bond donors (Lipinski definition) is 1. The number of likely N-dealkylation sites (tertiary alicyclic amines) is 1. The number of carbonyl (C=O) groups excluding carboxylic acids is 2. The first-order valence-corrected chi connectivity index (χ1v) is 8.49. The first-order chi connectivity index (χ1) is 11.1. The molecule has 0 spiro atoms. The fraction of sp³-hybridized carbons (Fsp3) is 0.353. The lowest BCUT2D eigenvalue weighted by atomic mass is 10.2. The average molecular weight is 329 g/mol. The molecule has 1 aromatic heterocycles. The van der Waals surface area contributed by atoms with Crippen molar-refractivity contribution in [1.29, 1.82) is 0 Å². The van der Waals surface area contributed by atoms with Crippen LogP contribution in [0.2, 0.25) is 0 Å². The van der Waals surface area contributed by atoms with Gasteiger partial charge < -0.3 is 10.2 Å². The van der Waals surface area contributed by atoms with Gasteiger partial charge in [-0.25, -0.2) is 4.98 Å². The van der Waals surface area contributed by atoms with Crippen LogP contribution in [0.25, 0.3) is 0 Å². The summed E-state index contributed by atoms with van der Waals surface area (Å²) in [7, 11) is 0. The van der Waals surface area contributed by atoms with Crippen LogP contribution in [0, 0.1) is 13.8 Å². The number of rotatable bonds is 3. The Bertz CT molecular complexity index is 727. The highest BCUT2D eigenvalue weighted by Gasteiger charge is 2.35. The minimum Gasteiger partial charge on any atom is -0.326 e. The summed E-state index contributed by atoms with van der Waals surface area (Å²) >= 11 is 1.39. The highest BCUT2D eigenvalue weighted by Crippen LogP contribution is 2.25. The molecule has 3 rings (SSSR count). The summed E-state index contributed by atoms with van der Waals surface area (Å²) in [6, 6.07) is 8.92. The van der Waals surface area contributed by atoms with Gasteiger partial charge in [0.15, 0.2) is 0 Å². The third-order valence-corrected chi connectivity index (χ3v) is 5.02. The van der Waals surface area contributed by atoms with Crippen LogP contribution in [-0.2, 0) is 4.79 Å². The zero-order valence-corrected chi connectivity index (χ0v) is 14.0. The highest BCUT2D eigenvalue weighted by atomic mass is 32.1. The van der Waals surface area contributed by atoms with Gasteiger partial charge in [0.1, 0.15) is 10.9 Å². The number of aryl methyl sites for hydroxylation is 2. The molecule has 0 aliphatic carbocycles. The fourth-order valence-electron chi connectivity index (χ4n) is 2.89. The van der Waals surface area contributed by atoms with Crippen molar-refractivity contribution in [3.63, 3.8) is 0 Å². The van der Waals surface area contributed by atoms with Crippen molar-refractivity contribution >= 4 is 28.8 Å². The number of thiazole rings is 1. The topological polar surface area (TPSA) is 62.3 Å². The van der Waals surface area contributed by atoms with Crippen LogP contribution < -0.4 is 5.32 Å². The van der Waals surface area contributed by atoms with Gasteiger partial charge in [-0.3, -0.25) is 9.59 Å². The summed E-state index contributed by atoms with van der Waals surface area (Å²) in [5, 5.41) is 3.77. The number of carbonyl (C=O) groups is 2. The summed E-state index contributed by atoms with van der Waals surface area (Å²) in [5.41, 5.74) is 1.49. The van der Waals surface area contributed by atoms with E-state index in [1.165, 1.54) is 11.3 Å². The van der Waals surface area contributed by atoms with Gasteiger partial charge in [-0.1, -0.05) is 18.2 Å². The zero-order valence-electron chi connectivity index (χ0n) is 13.2. The fourth-order valence-corrected chi connectivity index (χ4v) is 3.77. The molecule has 1 aromatic carbocycles. The van der Waals surface area contributed by atoms with Gasteiger partial charge >= 0.3 is 0 Å². The predicted octanol–water partition coefficient (Wildman–Crippen LogP) is 3.00. The summed E-state index contributed by atoms with van der Waals surface area (Å²) in [6.07, 6.45) is 1.54. The second-order valence-corrected chi connectivity index (χ2v) is 6.86. The van der Waals surface area contributed by atoms with E-state index in [9.17, 15) is 9.59 Å². The van der Waals surface area contributed by atoms with Crippen molar-refractivity contribution in [2.75, 3.05) is 11.9 Å². The van der Waals surface area contributed by atoms with Crippen molar-refractivity contribution in [3.8, 4) is 0 Å². The van der Waals surface area contributed by atoms with E-state index in [2.05, 4.69) is 10.3 Å². The van der Waals surface area contributed by atoms with Gasteiger partial charge in [0, 0.05) is 12.2 Å². The number of benzene rings is 1. The number of para-hydroxylation sites is 1. The first kappa shape index (κ1) is 15.7. The molecule has 1 aliphatic rings. The van der Waals surface area contributed by atoms with Crippen molar-refractivity contribution < 1.29 is 9.59 Å². The van der Waals surface area contributed by atoms with E-state index >= 15 is 0 Å². The number of hydrogen-bond acceptors (Lipinski definition) is 4. The zero-order chi connectivity index (χ0) is 16.4. The maximum absolute atomic E-state index is 12.8. The maximum atomic E-state index is 12.8. The largest absolute Gasteiger partial charge is 0.326 e. The van der Waals surface area contributed by atoms with Crippen LogP contribution in [0.1, 0.15) is 33.2 Å². The SMILES string of the molecule is Cc1nc(C)c(C(=O)N2CCC[C@@H]2C(=O)Nc2ccccc2)s1. The molecule has 1 aliphatic heterocycles. The molecule has 6 heteroatoms. The lowest BCUT2D eigenvalue weighted by Crippen LogP contribution is -2.43. The maximum Gasteiger partial charge on any atom is 0.266 e. The summed E-state index contributed by atoms with van der Waals surface area (Å²) in [6.45, 7) is 4.34. The molecule has 2 amide bonds. The average Bonchev–Trinajstić information content (AvgIpc) is 3.14.